The van der Waals surface area contributed by atoms with E-state index in [2.05, 4.69) is 15.2 Å². The molecular formula is C26H34N6O4. The van der Waals surface area contributed by atoms with Crippen LogP contribution in [-0.2, 0) is 6.54 Å². The van der Waals surface area contributed by atoms with Crippen LogP contribution in [0.15, 0.2) is 8.94 Å². The minimum atomic E-state index is -0.132. The summed E-state index contributed by atoms with van der Waals surface area (Å²) in [6.45, 7) is 12.8. The predicted molar refractivity (Wildman–Crippen MR) is 131 cm³/mol. The van der Waals surface area contributed by atoms with Crippen molar-refractivity contribution in [3.8, 4) is 0 Å². The van der Waals surface area contributed by atoms with Gasteiger partial charge in [0, 0.05) is 43.4 Å². The summed E-state index contributed by atoms with van der Waals surface area (Å²) >= 11 is 0. The lowest BCUT2D eigenvalue weighted by Crippen LogP contribution is -2.38. The van der Waals surface area contributed by atoms with Gasteiger partial charge in [-0.2, -0.15) is 5.10 Å². The van der Waals surface area contributed by atoms with E-state index in [9.17, 15) is 9.59 Å². The second-order valence-corrected chi connectivity index (χ2v) is 10.0. The van der Waals surface area contributed by atoms with Crippen LogP contribution in [0, 0.1) is 34.6 Å². The number of piperidine rings is 1. The number of likely N-dealkylation sites (tertiary alicyclic amines) is 2. The van der Waals surface area contributed by atoms with E-state index in [1.54, 1.807) is 6.92 Å². The summed E-state index contributed by atoms with van der Waals surface area (Å²) in [6.07, 6.45) is 3.50. The molecule has 0 N–H and O–H groups in total. The number of amides is 2. The topological polar surface area (TPSA) is 110 Å². The van der Waals surface area contributed by atoms with E-state index in [1.807, 2.05) is 42.2 Å². The third-order valence-corrected chi connectivity index (χ3v) is 7.78. The molecule has 2 aliphatic rings. The monoisotopic (exact) mass is 494 g/mol. The van der Waals surface area contributed by atoms with Crippen molar-refractivity contribution in [1.29, 1.82) is 0 Å². The molecule has 10 nitrogen and oxygen atoms in total. The van der Waals surface area contributed by atoms with Crippen LogP contribution in [-0.4, -0.2) is 67.7 Å². The maximum Gasteiger partial charge on any atom is 0.276 e. The van der Waals surface area contributed by atoms with Crippen molar-refractivity contribution in [2.24, 2.45) is 0 Å². The highest BCUT2D eigenvalue weighted by atomic mass is 16.5. The summed E-state index contributed by atoms with van der Waals surface area (Å²) in [5.74, 6) is 1.70. The minimum Gasteiger partial charge on any atom is -0.445 e. The molecule has 2 fully saturated rings. The molecule has 0 bridgehead atoms. The van der Waals surface area contributed by atoms with Gasteiger partial charge in [0.05, 0.1) is 12.2 Å². The van der Waals surface area contributed by atoms with Crippen molar-refractivity contribution < 1.29 is 18.5 Å². The first-order valence-corrected chi connectivity index (χ1v) is 12.8. The van der Waals surface area contributed by atoms with E-state index in [1.165, 1.54) is 0 Å². The highest BCUT2D eigenvalue weighted by molar-refractivity contribution is 5.94. The normalized spacial score (nSPS) is 16.8. The number of rotatable bonds is 5. The van der Waals surface area contributed by atoms with Crippen molar-refractivity contribution in [1.82, 2.24) is 29.7 Å². The first-order chi connectivity index (χ1) is 17.2. The Kier molecular flexibility index (Phi) is 6.44. The van der Waals surface area contributed by atoms with Crippen LogP contribution < -0.4 is 0 Å². The van der Waals surface area contributed by atoms with Gasteiger partial charge in [0.2, 0.25) is 0 Å². The molecule has 10 heteroatoms. The van der Waals surface area contributed by atoms with Crippen LogP contribution in [0.3, 0.4) is 0 Å². The highest BCUT2D eigenvalue weighted by Gasteiger charge is 2.33. The number of aromatic nitrogens is 4. The Hall–Kier alpha value is -3.43. The molecule has 0 radical (unpaired) electrons. The average Bonchev–Trinajstić information content (AvgIpc) is 3.66. The number of hydrogen-bond acceptors (Lipinski definition) is 7. The molecule has 5 rings (SSSR count). The third-order valence-electron chi connectivity index (χ3n) is 7.78. The van der Waals surface area contributed by atoms with Gasteiger partial charge in [0.15, 0.2) is 17.3 Å². The first-order valence-electron chi connectivity index (χ1n) is 12.8. The van der Waals surface area contributed by atoms with Gasteiger partial charge >= 0.3 is 0 Å². The molecular weight excluding hydrogens is 460 g/mol. The maximum absolute atomic E-state index is 13.4. The fourth-order valence-electron chi connectivity index (χ4n) is 5.17. The molecule has 3 aromatic heterocycles. The average molecular weight is 495 g/mol. The molecule has 0 saturated carbocycles. The molecule has 3 aromatic rings. The van der Waals surface area contributed by atoms with Crippen molar-refractivity contribution in [3.63, 3.8) is 0 Å². The largest absolute Gasteiger partial charge is 0.445 e. The fourth-order valence-corrected chi connectivity index (χ4v) is 5.17. The molecule has 2 aliphatic heterocycles. The molecule has 0 spiro atoms. The molecule has 192 valence electrons. The van der Waals surface area contributed by atoms with Crippen molar-refractivity contribution >= 4 is 11.8 Å². The molecule has 0 atom stereocenters. The van der Waals surface area contributed by atoms with Gasteiger partial charge in [-0.25, -0.2) is 4.98 Å². The Morgan fingerprint density at radius 3 is 2.17 bits per heavy atom. The second kappa shape index (κ2) is 9.55. The van der Waals surface area contributed by atoms with E-state index in [0.29, 0.717) is 61.3 Å². The number of nitrogens with zero attached hydrogens (tertiary/aromatic N) is 6. The standard InChI is InChI=1S/C26H34N6O4/c1-15-16(2)28-32(17(15)3)14-21-18(4)36-29-23(21)26(34)31-12-8-20(9-13-31)24-27-22(19(5)35-24)25(33)30-10-6-7-11-30/h20H,6-14H2,1-5H3. The van der Waals surface area contributed by atoms with E-state index < -0.39 is 0 Å². The number of hydrogen-bond donors (Lipinski definition) is 0. The molecule has 0 aliphatic carbocycles. The molecule has 0 aromatic carbocycles. The van der Waals surface area contributed by atoms with Gasteiger partial charge in [-0.15, -0.1) is 0 Å². The lowest BCUT2D eigenvalue weighted by atomic mass is 9.96. The first kappa shape index (κ1) is 24.3. The highest BCUT2D eigenvalue weighted by Crippen LogP contribution is 2.31. The van der Waals surface area contributed by atoms with Gasteiger partial charge in [0.25, 0.3) is 11.8 Å². The predicted octanol–water partition coefficient (Wildman–Crippen LogP) is 3.71. The zero-order valence-electron chi connectivity index (χ0n) is 21.8. The molecule has 5 heterocycles. The van der Waals surface area contributed by atoms with Crippen molar-refractivity contribution in [2.45, 2.75) is 72.8 Å². The van der Waals surface area contributed by atoms with Crippen LogP contribution >= 0.6 is 0 Å². The van der Waals surface area contributed by atoms with Crippen LogP contribution in [0.5, 0.6) is 0 Å². The summed E-state index contributed by atoms with van der Waals surface area (Å²) < 4.78 is 13.3. The van der Waals surface area contributed by atoms with E-state index in [4.69, 9.17) is 8.94 Å². The van der Waals surface area contributed by atoms with Gasteiger partial charge in [-0.05, 0) is 65.9 Å². The van der Waals surface area contributed by atoms with Crippen LogP contribution in [0.4, 0.5) is 0 Å². The summed E-state index contributed by atoms with van der Waals surface area (Å²) in [4.78, 5) is 34.5. The van der Waals surface area contributed by atoms with Crippen LogP contribution in [0.2, 0.25) is 0 Å². The quantitative estimate of drug-likeness (QED) is 0.532. The fraction of sp³-hybridized carbons (Fsp3) is 0.577. The Morgan fingerprint density at radius 2 is 1.53 bits per heavy atom. The number of carbonyl (C=O) groups is 2. The maximum atomic E-state index is 13.4. The Morgan fingerprint density at radius 1 is 0.889 bits per heavy atom. The zero-order chi connectivity index (χ0) is 25.6. The van der Waals surface area contributed by atoms with E-state index >= 15 is 0 Å². The molecule has 0 unspecified atom stereocenters. The number of aryl methyl sites for hydroxylation is 3. The second-order valence-electron chi connectivity index (χ2n) is 10.0. The van der Waals surface area contributed by atoms with Gasteiger partial charge in [-0.3, -0.25) is 14.3 Å². The Bertz CT molecular complexity index is 1290. The number of oxazole rings is 1. The molecule has 2 amide bonds. The van der Waals surface area contributed by atoms with E-state index in [0.717, 1.165) is 48.4 Å². The lowest BCUT2D eigenvalue weighted by Gasteiger charge is -2.30. The van der Waals surface area contributed by atoms with Gasteiger partial charge < -0.3 is 18.7 Å². The smallest absolute Gasteiger partial charge is 0.276 e. The van der Waals surface area contributed by atoms with Gasteiger partial charge in [0.1, 0.15) is 11.5 Å². The van der Waals surface area contributed by atoms with Crippen molar-refractivity contribution in [2.75, 3.05) is 26.2 Å². The Labute approximate surface area is 210 Å². The minimum absolute atomic E-state index is 0.0423. The van der Waals surface area contributed by atoms with E-state index in [-0.39, 0.29) is 17.7 Å². The van der Waals surface area contributed by atoms with Gasteiger partial charge in [-0.1, -0.05) is 5.16 Å². The SMILES string of the molecule is Cc1nn(Cc2c(C(=O)N3CCC(c4nc(C(=O)N5CCCC5)c(C)o4)CC3)noc2C)c(C)c1C. The summed E-state index contributed by atoms with van der Waals surface area (Å²) in [6, 6.07) is 0. The summed E-state index contributed by atoms with van der Waals surface area (Å²) in [7, 11) is 0. The summed E-state index contributed by atoms with van der Waals surface area (Å²) in [5.41, 5.74) is 4.72. The lowest BCUT2D eigenvalue weighted by molar-refractivity contribution is 0.0694. The number of carbonyl (C=O) groups excluding carboxylic acids is 2. The summed E-state index contributed by atoms with van der Waals surface area (Å²) in [5, 5.41) is 8.72. The van der Waals surface area contributed by atoms with Crippen molar-refractivity contribution in [3.05, 3.63) is 51.3 Å². The molecule has 36 heavy (non-hydrogen) atoms. The Balaban J connectivity index is 1.26. The molecule has 2 saturated heterocycles. The third kappa shape index (κ3) is 4.33. The van der Waals surface area contributed by atoms with Crippen LogP contribution in [0.25, 0.3) is 0 Å². The zero-order valence-corrected chi connectivity index (χ0v) is 21.8. The van der Waals surface area contributed by atoms with Crippen LogP contribution in [0.1, 0.15) is 92.5 Å².